The molecular weight excluding hydrogens is 232 g/mol. The van der Waals surface area contributed by atoms with Gasteiger partial charge in [-0.3, -0.25) is 4.79 Å². The van der Waals surface area contributed by atoms with Gasteiger partial charge < -0.3 is 0 Å². The Labute approximate surface area is 95.8 Å². The average molecular weight is 239 g/mol. The summed E-state index contributed by atoms with van der Waals surface area (Å²) in [6, 6.07) is 3.55. The zero-order chi connectivity index (χ0) is 10.8. The SMILES string of the molecule is Cc1sc(-c2ccnc(Cl)c2)nc1C=O. The van der Waals surface area contributed by atoms with E-state index in [4.69, 9.17) is 11.6 Å². The number of pyridine rings is 1. The molecule has 0 atom stereocenters. The molecule has 2 rings (SSSR count). The van der Waals surface area contributed by atoms with Crippen LogP contribution in [0.15, 0.2) is 18.3 Å². The molecule has 2 heterocycles. The Hall–Kier alpha value is -1.26. The molecule has 3 nitrogen and oxygen atoms in total. The van der Waals surface area contributed by atoms with Gasteiger partial charge in [0.25, 0.3) is 0 Å². The molecule has 0 saturated heterocycles. The number of aldehydes is 1. The summed E-state index contributed by atoms with van der Waals surface area (Å²) < 4.78 is 0. The van der Waals surface area contributed by atoms with Crippen molar-refractivity contribution in [1.82, 2.24) is 9.97 Å². The van der Waals surface area contributed by atoms with Crippen molar-refractivity contribution in [2.24, 2.45) is 0 Å². The Morgan fingerprint density at radius 2 is 2.33 bits per heavy atom. The van der Waals surface area contributed by atoms with E-state index in [0.717, 1.165) is 21.7 Å². The van der Waals surface area contributed by atoms with E-state index >= 15 is 0 Å². The van der Waals surface area contributed by atoms with Gasteiger partial charge in [-0.2, -0.15) is 0 Å². The maximum absolute atomic E-state index is 10.6. The summed E-state index contributed by atoms with van der Waals surface area (Å²) in [7, 11) is 0. The zero-order valence-corrected chi connectivity index (χ0v) is 9.47. The van der Waals surface area contributed by atoms with Crippen molar-refractivity contribution >= 4 is 29.2 Å². The van der Waals surface area contributed by atoms with Crippen molar-refractivity contribution in [3.63, 3.8) is 0 Å². The Morgan fingerprint density at radius 3 is 2.93 bits per heavy atom. The second-order valence-corrected chi connectivity index (χ2v) is 4.54. The molecule has 0 aliphatic rings. The van der Waals surface area contributed by atoms with Crippen LogP contribution >= 0.6 is 22.9 Å². The topological polar surface area (TPSA) is 42.9 Å². The molecule has 2 aromatic heterocycles. The predicted octanol–water partition coefficient (Wildman–Crippen LogP) is 2.98. The predicted molar refractivity (Wildman–Crippen MR) is 60.5 cm³/mol. The van der Waals surface area contributed by atoms with Crippen molar-refractivity contribution in [2.45, 2.75) is 6.92 Å². The van der Waals surface area contributed by atoms with Gasteiger partial charge in [0.2, 0.25) is 0 Å². The van der Waals surface area contributed by atoms with E-state index < -0.39 is 0 Å². The molecule has 15 heavy (non-hydrogen) atoms. The smallest absolute Gasteiger partial charge is 0.169 e. The fraction of sp³-hybridized carbons (Fsp3) is 0.100. The van der Waals surface area contributed by atoms with Crippen molar-refractivity contribution in [2.75, 3.05) is 0 Å². The van der Waals surface area contributed by atoms with Gasteiger partial charge in [-0.05, 0) is 19.1 Å². The monoisotopic (exact) mass is 238 g/mol. The number of carbonyl (C=O) groups is 1. The zero-order valence-electron chi connectivity index (χ0n) is 7.90. The van der Waals surface area contributed by atoms with E-state index in [9.17, 15) is 4.79 Å². The van der Waals surface area contributed by atoms with Gasteiger partial charge in [0.15, 0.2) is 6.29 Å². The maximum atomic E-state index is 10.6. The van der Waals surface area contributed by atoms with Crippen LogP contribution in [0.4, 0.5) is 0 Å². The third-order valence-electron chi connectivity index (χ3n) is 1.92. The van der Waals surface area contributed by atoms with Crippen LogP contribution in [-0.4, -0.2) is 16.3 Å². The van der Waals surface area contributed by atoms with Gasteiger partial charge in [0.05, 0.1) is 0 Å². The minimum absolute atomic E-state index is 0.424. The van der Waals surface area contributed by atoms with Crippen LogP contribution in [0.1, 0.15) is 15.4 Å². The molecule has 0 N–H and O–H groups in total. The molecule has 0 fully saturated rings. The van der Waals surface area contributed by atoms with Gasteiger partial charge in [-0.15, -0.1) is 11.3 Å². The van der Waals surface area contributed by atoms with Crippen molar-refractivity contribution in [1.29, 1.82) is 0 Å². The first-order chi connectivity index (χ1) is 7.20. The molecule has 2 aromatic rings. The second-order valence-electron chi connectivity index (χ2n) is 2.95. The molecule has 0 radical (unpaired) electrons. The van der Waals surface area contributed by atoms with E-state index in [0.29, 0.717) is 10.8 Å². The lowest BCUT2D eigenvalue weighted by Crippen LogP contribution is -1.83. The minimum Gasteiger partial charge on any atom is -0.296 e. The number of carbonyl (C=O) groups excluding carboxylic acids is 1. The lowest BCUT2D eigenvalue weighted by atomic mass is 10.3. The van der Waals surface area contributed by atoms with Gasteiger partial charge >= 0.3 is 0 Å². The Balaban J connectivity index is 2.49. The Morgan fingerprint density at radius 1 is 1.53 bits per heavy atom. The number of aromatic nitrogens is 2. The number of nitrogens with zero attached hydrogens (tertiary/aromatic N) is 2. The van der Waals surface area contributed by atoms with E-state index in [-0.39, 0.29) is 0 Å². The summed E-state index contributed by atoms with van der Waals surface area (Å²) >= 11 is 7.24. The summed E-state index contributed by atoms with van der Waals surface area (Å²) in [4.78, 5) is 19.6. The summed E-state index contributed by atoms with van der Waals surface area (Å²) in [5, 5.41) is 1.21. The molecule has 0 saturated carbocycles. The molecule has 76 valence electrons. The molecule has 5 heteroatoms. The molecule has 0 aromatic carbocycles. The molecular formula is C10H7ClN2OS. The highest BCUT2D eigenvalue weighted by Crippen LogP contribution is 2.27. The van der Waals surface area contributed by atoms with Crippen molar-refractivity contribution in [3.8, 4) is 10.6 Å². The lowest BCUT2D eigenvalue weighted by molar-refractivity contribution is 0.111. The van der Waals surface area contributed by atoms with Gasteiger partial charge in [0, 0.05) is 16.6 Å². The first-order valence-electron chi connectivity index (χ1n) is 4.25. The van der Waals surface area contributed by atoms with E-state index in [2.05, 4.69) is 9.97 Å². The standard InChI is InChI=1S/C10H7ClN2OS/c1-6-8(5-14)13-10(15-6)7-2-3-12-9(11)4-7/h2-5H,1H3. The Kier molecular flexibility index (Phi) is 2.79. The number of rotatable bonds is 2. The number of thiazole rings is 1. The van der Waals surface area contributed by atoms with E-state index in [1.165, 1.54) is 11.3 Å². The number of hydrogen-bond acceptors (Lipinski definition) is 4. The van der Waals surface area contributed by atoms with Crippen LogP contribution in [0.3, 0.4) is 0 Å². The highest BCUT2D eigenvalue weighted by atomic mass is 35.5. The minimum atomic E-state index is 0.424. The molecule has 0 aliphatic carbocycles. The molecule has 0 bridgehead atoms. The van der Waals surface area contributed by atoms with E-state index in [1.807, 2.05) is 13.0 Å². The van der Waals surface area contributed by atoms with Crippen molar-refractivity contribution < 1.29 is 4.79 Å². The molecule has 0 spiro atoms. The molecule has 0 unspecified atom stereocenters. The largest absolute Gasteiger partial charge is 0.296 e. The summed E-state index contributed by atoms with van der Waals surface area (Å²) in [5.74, 6) is 0. The second kappa shape index (κ2) is 4.08. The fourth-order valence-electron chi connectivity index (χ4n) is 1.18. The Bertz CT molecular complexity index is 510. The molecule has 0 amide bonds. The number of aryl methyl sites for hydroxylation is 1. The fourth-order valence-corrected chi connectivity index (χ4v) is 2.23. The van der Waals surface area contributed by atoms with Crippen LogP contribution < -0.4 is 0 Å². The third-order valence-corrected chi connectivity index (χ3v) is 3.16. The summed E-state index contributed by atoms with van der Waals surface area (Å²) in [5.41, 5.74) is 1.37. The average Bonchev–Trinajstić information content (AvgIpc) is 2.60. The normalized spacial score (nSPS) is 10.3. The first kappa shape index (κ1) is 10.3. The van der Waals surface area contributed by atoms with Crippen LogP contribution in [-0.2, 0) is 0 Å². The number of halogens is 1. The van der Waals surface area contributed by atoms with Crippen LogP contribution in [0, 0.1) is 6.92 Å². The third kappa shape index (κ3) is 2.06. The highest BCUT2D eigenvalue weighted by molar-refractivity contribution is 7.15. The van der Waals surface area contributed by atoms with Crippen LogP contribution in [0.5, 0.6) is 0 Å². The highest BCUT2D eigenvalue weighted by Gasteiger charge is 2.08. The van der Waals surface area contributed by atoms with Gasteiger partial charge in [-0.1, -0.05) is 11.6 Å². The van der Waals surface area contributed by atoms with Crippen molar-refractivity contribution in [3.05, 3.63) is 34.1 Å². The van der Waals surface area contributed by atoms with Gasteiger partial charge in [0.1, 0.15) is 15.9 Å². The first-order valence-corrected chi connectivity index (χ1v) is 5.44. The lowest BCUT2D eigenvalue weighted by Gasteiger charge is -1.94. The van der Waals surface area contributed by atoms with Gasteiger partial charge in [-0.25, -0.2) is 9.97 Å². The summed E-state index contributed by atoms with van der Waals surface area (Å²) in [6.45, 7) is 1.87. The van der Waals surface area contributed by atoms with Crippen LogP contribution in [0.25, 0.3) is 10.6 Å². The molecule has 0 aliphatic heterocycles. The van der Waals surface area contributed by atoms with Crippen LogP contribution in [0.2, 0.25) is 5.15 Å². The quantitative estimate of drug-likeness (QED) is 0.597. The summed E-state index contributed by atoms with van der Waals surface area (Å²) in [6.07, 6.45) is 2.38. The van der Waals surface area contributed by atoms with E-state index in [1.54, 1.807) is 12.3 Å². The maximum Gasteiger partial charge on any atom is 0.169 e. The number of hydrogen-bond donors (Lipinski definition) is 0.